The maximum Gasteiger partial charge on any atom is 0.269 e. The number of rotatable bonds is 6. The highest BCUT2D eigenvalue weighted by Gasteiger charge is 2.17. The highest BCUT2D eigenvalue weighted by Crippen LogP contribution is 2.27. The van der Waals surface area contributed by atoms with Crippen LogP contribution in [0.2, 0.25) is 0 Å². The Morgan fingerprint density at radius 1 is 0.939 bits per heavy atom. The zero-order valence-corrected chi connectivity index (χ0v) is 20.2. The van der Waals surface area contributed by atoms with Crippen LogP contribution in [0.25, 0.3) is 11.1 Å². The fourth-order valence-electron chi connectivity index (χ4n) is 3.08. The molecule has 0 spiro atoms. The van der Waals surface area contributed by atoms with Crippen LogP contribution in [0.5, 0.6) is 0 Å². The van der Waals surface area contributed by atoms with Gasteiger partial charge in [-0.25, -0.2) is 14.3 Å². The number of amides is 2. The molecule has 33 heavy (non-hydrogen) atoms. The molecule has 0 saturated heterocycles. The zero-order chi connectivity index (χ0) is 23.4. The van der Waals surface area contributed by atoms with Crippen LogP contribution in [0.1, 0.15) is 20.0 Å². The monoisotopic (exact) mass is 540 g/mol. The van der Waals surface area contributed by atoms with Gasteiger partial charge in [-0.05, 0) is 68.8 Å². The molecule has 4 rings (SSSR count). The Morgan fingerprint density at radius 2 is 1.70 bits per heavy atom. The minimum atomic E-state index is -1.62. The average Bonchev–Trinajstić information content (AvgIpc) is 3.29. The fourth-order valence-corrected chi connectivity index (χ4v) is 4.68. The number of carbonyl (C=O) groups is 2. The largest absolute Gasteiger partial charge is 0.320 e. The Hall–Kier alpha value is -3.18. The zero-order valence-electron chi connectivity index (χ0n) is 16.9. The lowest BCUT2D eigenvalue weighted by molar-refractivity contribution is 0.102. The Morgan fingerprint density at radius 3 is 2.39 bits per heavy atom. The summed E-state index contributed by atoms with van der Waals surface area (Å²) < 4.78 is 12.6. The molecule has 0 aliphatic heterocycles. The second-order valence-electron chi connectivity index (χ2n) is 6.80. The third kappa shape index (κ3) is 5.42. The molecule has 4 aromatic rings. The molecule has 0 bridgehead atoms. The molecule has 4 N–H and O–H groups in total. The van der Waals surface area contributed by atoms with Crippen LogP contribution in [0, 0.1) is 0 Å². The van der Waals surface area contributed by atoms with E-state index in [0.29, 0.717) is 26.8 Å². The van der Waals surface area contributed by atoms with Crippen LogP contribution >= 0.6 is 27.3 Å². The quantitative estimate of drug-likeness (QED) is 0.317. The van der Waals surface area contributed by atoms with Gasteiger partial charge in [-0.2, -0.15) is 0 Å². The van der Waals surface area contributed by atoms with Gasteiger partial charge in [0.2, 0.25) is 0 Å². The van der Waals surface area contributed by atoms with Crippen molar-refractivity contribution in [3.63, 3.8) is 0 Å². The van der Waals surface area contributed by atoms with Crippen molar-refractivity contribution in [1.82, 2.24) is 4.98 Å². The number of aromatic nitrogens is 1. The molecule has 2 aromatic carbocycles. The number of thiophene rings is 1. The summed E-state index contributed by atoms with van der Waals surface area (Å²) in [5.74, 6) is -0.313. The van der Waals surface area contributed by atoms with E-state index >= 15 is 0 Å². The number of anilines is 2. The first-order chi connectivity index (χ1) is 15.9. The maximum absolute atomic E-state index is 12.8. The normalized spacial score (nSPS) is 11.6. The third-order valence-corrected chi connectivity index (χ3v) is 6.82. The Labute approximate surface area is 204 Å². The van der Waals surface area contributed by atoms with Crippen LogP contribution in [0.15, 0.2) is 87.7 Å². The number of pyridine rings is 1. The SMILES string of the molecule is NS(=O)c1ccccc1-c1ccc(C(=O)Nc2ccsc2C(=O)Nc2ccc(Br)cn2)cc1. The van der Waals surface area contributed by atoms with Crippen LogP contribution < -0.4 is 15.8 Å². The topological polar surface area (TPSA) is 114 Å². The molecule has 1 atom stereocenters. The van der Waals surface area contributed by atoms with Crippen molar-refractivity contribution < 1.29 is 13.8 Å². The van der Waals surface area contributed by atoms with Crippen LogP contribution in [0.3, 0.4) is 0 Å². The summed E-state index contributed by atoms with van der Waals surface area (Å²) >= 11 is 4.52. The summed E-state index contributed by atoms with van der Waals surface area (Å²) in [4.78, 5) is 30.4. The molecular formula is C23H17BrN4O3S2. The van der Waals surface area contributed by atoms with Gasteiger partial charge in [0.1, 0.15) is 21.7 Å². The number of nitrogens with one attached hydrogen (secondary N) is 2. The highest BCUT2D eigenvalue weighted by atomic mass is 79.9. The molecule has 0 radical (unpaired) electrons. The van der Waals surface area contributed by atoms with E-state index in [1.165, 1.54) is 11.3 Å². The number of carbonyl (C=O) groups excluding carboxylic acids is 2. The fraction of sp³-hybridized carbons (Fsp3) is 0. The molecule has 1 unspecified atom stereocenters. The Bertz CT molecular complexity index is 1340. The Balaban J connectivity index is 1.48. The van der Waals surface area contributed by atoms with Crippen molar-refractivity contribution in [2.75, 3.05) is 10.6 Å². The molecule has 0 fully saturated rings. The van der Waals surface area contributed by atoms with Crippen molar-refractivity contribution in [1.29, 1.82) is 0 Å². The van der Waals surface area contributed by atoms with E-state index in [1.807, 2.05) is 12.1 Å². The summed E-state index contributed by atoms with van der Waals surface area (Å²) in [6, 6.07) is 19.1. The molecule has 7 nitrogen and oxygen atoms in total. The number of halogens is 1. The van der Waals surface area contributed by atoms with Crippen LogP contribution in [0.4, 0.5) is 11.5 Å². The molecule has 0 aliphatic carbocycles. The van der Waals surface area contributed by atoms with E-state index < -0.39 is 11.0 Å². The number of nitrogens with zero attached hydrogens (tertiary/aromatic N) is 1. The molecule has 10 heteroatoms. The summed E-state index contributed by atoms with van der Waals surface area (Å²) in [6.07, 6.45) is 1.58. The van der Waals surface area contributed by atoms with E-state index in [1.54, 1.807) is 66.2 Å². The first-order valence-corrected chi connectivity index (χ1v) is 12.5. The van der Waals surface area contributed by atoms with E-state index in [9.17, 15) is 13.8 Å². The molecule has 0 saturated carbocycles. The van der Waals surface area contributed by atoms with Crippen LogP contribution in [-0.4, -0.2) is 21.0 Å². The van der Waals surface area contributed by atoms with Crippen molar-refractivity contribution in [2.45, 2.75) is 4.90 Å². The molecule has 2 amide bonds. The van der Waals surface area contributed by atoms with E-state index in [4.69, 9.17) is 5.14 Å². The van der Waals surface area contributed by atoms with E-state index in [2.05, 4.69) is 31.5 Å². The van der Waals surface area contributed by atoms with Crippen molar-refractivity contribution in [3.05, 3.63) is 93.2 Å². The van der Waals surface area contributed by atoms with Gasteiger partial charge in [-0.15, -0.1) is 11.3 Å². The van der Waals surface area contributed by atoms with Gasteiger partial charge in [0.15, 0.2) is 0 Å². The highest BCUT2D eigenvalue weighted by molar-refractivity contribution is 9.10. The maximum atomic E-state index is 12.8. The average molecular weight is 541 g/mol. The van der Waals surface area contributed by atoms with Gasteiger partial charge < -0.3 is 10.6 Å². The molecular weight excluding hydrogens is 524 g/mol. The standard InChI is InChI=1S/C23H17BrN4O3S2/c24-16-9-10-20(26-13-16)28-23(30)21-18(11-12-32-21)27-22(29)15-7-5-14(6-8-15)17-3-1-2-4-19(17)33(25)31/h1-13H,25H2,(H,27,29)(H,26,28,30). The van der Waals surface area contributed by atoms with Gasteiger partial charge in [0.25, 0.3) is 11.8 Å². The number of hydrogen-bond donors (Lipinski definition) is 3. The van der Waals surface area contributed by atoms with E-state index in [0.717, 1.165) is 15.6 Å². The van der Waals surface area contributed by atoms with Gasteiger partial charge in [-0.3, -0.25) is 9.59 Å². The molecule has 2 heterocycles. The van der Waals surface area contributed by atoms with Gasteiger partial charge in [0.05, 0.1) is 10.6 Å². The molecule has 0 aliphatic rings. The summed E-state index contributed by atoms with van der Waals surface area (Å²) in [7, 11) is -1.62. The summed E-state index contributed by atoms with van der Waals surface area (Å²) in [5, 5.41) is 12.8. The predicted molar refractivity (Wildman–Crippen MR) is 135 cm³/mol. The van der Waals surface area contributed by atoms with Crippen molar-refractivity contribution >= 4 is 61.6 Å². The number of benzene rings is 2. The van der Waals surface area contributed by atoms with Crippen molar-refractivity contribution in [2.24, 2.45) is 5.14 Å². The molecule has 2 aromatic heterocycles. The summed E-state index contributed by atoms with van der Waals surface area (Å²) in [5.41, 5.74) is 2.35. The first kappa shape index (κ1) is 23.0. The number of nitrogens with two attached hydrogens (primary N) is 1. The smallest absolute Gasteiger partial charge is 0.269 e. The second-order valence-corrected chi connectivity index (χ2v) is 9.67. The lowest BCUT2D eigenvalue weighted by atomic mass is 10.0. The third-order valence-electron chi connectivity index (χ3n) is 4.65. The van der Waals surface area contributed by atoms with Gasteiger partial charge >= 0.3 is 0 Å². The van der Waals surface area contributed by atoms with Crippen LogP contribution in [-0.2, 0) is 11.0 Å². The minimum Gasteiger partial charge on any atom is -0.320 e. The second kappa shape index (κ2) is 10.2. The summed E-state index contributed by atoms with van der Waals surface area (Å²) in [6.45, 7) is 0. The minimum absolute atomic E-state index is 0.355. The van der Waals surface area contributed by atoms with E-state index in [-0.39, 0.29) is 11.8 Å². The number of hydrogen-bond acceptors (Lipinski definition) is 5. The Kier molecular flexibility index (Phi) is 7.09. The van der Waals surface area contributed by atoms with Gasteiger partial charge in [-0.1, -0.05) is 30.3 Å². The predicted octanol–water partition coefficient (Wildman–Crippen LogP) is 5.06. The van der Waals surface area contributed by atoms with Crippen molar-refractivity contribution in [3.8, 4) is 11.1 Å². The first-order valence-electron chi connectivity index (χ1n) is 9.60. The molecule has 166 valence electrons. The lowest BCUT2D eigenvalue weighted by Crippen LogP contribution is -2.17. The lowest BCUT2D eigenvalue weighted by Gasteiger charge is -2.09. The van der Waals surface area contributed by atoms with Gasteiger partial charge in [0, 0.05) is 16.2 Å².